The molecule has 0 spiro atoms. The fourth-order valence-corrected chi connectivity index (χ4v) is 7.43. The summed E-state index contributed by atoms with van der Waals surface area (Å²) in [5, 5.41) is 0. The van der Waals surface area contributed by atoms with Crippen LogP contribution in [0.1, 0.15) is 0 Å². The molecule has 0 amide bonds. The van der Waals surface area contributed by atoms with Crippen molar-refractivity contribution in [3.63, 3.8) is 0 Å². The molecule has 0 aliphatic rings. The maximum absolute atomic E-state index is 5.47. The monoisotopic (exact) mass is 730 g/mol. The predicted octanol–water partition coefficient (Wildman–Crippen LogP) is 13.4. The lowest BCUT2D eigenvalue weighted by Crippen LogP contribution is -1.92. The third-order valence-electron chi connectivity index (χ3n) is 10.4. The van der Waals surface area contributed by atoms with Gasteiger partial charge in [0.1, 0.15) is 23.0 Å². The van der Waals surface area contributed by atoms with Crippen molar-refractivity contribution < 1.29 is 18.9 Å². The first-order valence-corrected chi connectivity index (χ1v) is 18.6. The van der Waals surface area contributed by atoms with E-state index in [0.717, 1.165) is 89.8 Å². The van der Waals surface area contributed by atoms with Gasteiger partial charge in [-0.2, -0.15) is 0 Å². The molecule has 0 saturated carbocycles. The van der Waals surface area contributed by atoms with Gasteiger partial charge < -0.3 is 18.9 Å². The quantitative estimate of drug-likeness (QED) is 0.133. The Morgan fingerprint density at radius 3 is 0.625 bits per heavy atom. The molecule has 4 heteroatoms. The fraction of sp³-hybridized carbons (Fsp3) is 0.0769. The van der Waals surface area contributed by atoms with Crippen LogP contribution < -0.4 is 18.9 Å². The molecule has 0 unspecified atom stereocenters. The normalized spacial score (nSPS) is 10.9. The zero-order valence-electron chi connectivity index (χ0n) is 32.0. The molecular formula is C52H42O4. The summed E-state index contributed by atoms with van der Waals surface area (Å²) < 4.78 is 21.9. The number of benzene rings is 8. The minimum Gasteiger partial charge on any atom is -0.497 e. The van der Waals surface area contributed by atoms with E-state index in [0.29, 0.717) is 0 Å². The summed E-state index contributed by atoms with van der Waals surface area (Å²) in [5.41, 5.74) is 16.0. The second-order valence-electron chi connectivity index (χ2n) is 13.5. The Morgan fingerprint density at radius 1 is 0.214 bits per heavy atom. The van der Waals surface area contributed by atoms with Crippen molar-refractivity contribution in [3.05, 3.63) is 182 Å². The van der Waals surface area contributed by atoms with Gasteiger partial charge in [-0.25, -0.2) is 0 Å². The van der Waals surface area contributed by atoms with Gasteiger partial charge in [0.05, 0.1) is 28.4 Å². The first-order valence-electron chi connectivity index (χ1n) is 18.6. The van der Waals surface area contributed by atoms with Crippen LogP contribution in [0.5, 0.6) is 23.0 Å². The summed E-state index contributed by atoms with van der Waals surface area (Å²) in [6, 6.07) is 64.0. The Hall–Kier alpha value is -7.04. The number of ether oxygens (including phenoxy) is 4. The highest BCUT2D eigenvalue weighted by atomic mass is 16.5. The van der Waals surface area contributed by atoms with Crippen LogP contribution in [0.25, 0.3) is 77.9 Å². The molecule has 0 aliphatic carbocycles. The molecule has 0 fully saturated rings. The van der Waals surface area contributed by atoms with Gasteiger partial charge in [-0.15, -0.1) is 0 Å². The van der Waals surface area contributed by atoms with Gasteiger partial charge in [0, 0.05) is 0 Å². The molecule has 8 rings (SSSR count). The van der Waals surface area contributed by atoms with E-state index >= 15 is 0 Å². The van der Waals surface area contributed by atoms with E-state index in [1.807, 2.05) is 48.5 Å². The summed E-state index contributed by atoms with van der Waals surface area (Å²) in [6.07, 6.45) is 0. The highest BCUT2D eigenvalue weighted by Gasteiger charge is 2.17. The van der Waals surface area contributed by atoms with Gasteiger partial charge in [-0.3, -0.25) is 0 Å². The zero-order chi connectivity index (χ0) is 38.4. The average molecular weight is 731 g/mol. The molecule has 0 N–H and O–H groups in total. The van der Waals surface area contributed by atoms with Crippen LogP contribution in [-0.4, -0.2) is 28.4 Å². The van der Waals surface area contributed by atoms with Gasteiger partial charge >= 0.3 is 0 Å². The Morgan fingerprint density at radius 2 is 0.411 bits per heavy atom. The molecular weight excluding hydrogens is 689 g/mol. The highest BCUT2D eigenvalue weighted by Crippen LogP contribution is 2.43. The number of rotatable bonds is 11. The van der Waals surface area contributed by atoms with Crippen LogP contribution in [0.3, 0.4) is 0 Å². The van der Waals surface area contributed by atoms with Crippen molar-refractivity contribution in [2.75, 3.05) is 28.4 Å². The van der Waals surface area contributed by atoms with Crippen molar-refractivity contribution >= 4 is 0 Å². The van der Waals surface area contributed by atoms with Crippen LogP contribution in [0, 0.1) is 0 Å². The zero-order valence-corrected chi connectivity index (χ0v) is 32.0. The Bertz CT molecular complexity index is 2240. The Balaban J connectivity index is 1.18. The van der Waals surface area contributed by atoms with Crippen molar-refractivity contribution in [2.24, 2.45) is 0 Å². The van der Waals surface area contributed by atoms with Crippen LogP contribution in [0.2, 0.25) is 0 Å². The van der Waals surface area contributed by atoms with E-state index in [1.54, 1.807) is 28.4 Å². The molecule has 4 nitrogen and oxygen atoms in total. The molecule has 0 aromatic heterocycles. The molecule has 0 atom stereocenters. The lowest BCUT2D eigenvalue weighted by Gasteiger charge is -2.18. The molecule has 0 radical (unpaired) electrons. The molecule has 0 bridgehead atoms. The summed E-state index contributed by atoms with van der Waals surface area (Å²) >= 11 is 0. The topological polar surface area (TPSA) is 36.9 Å². The molecule has 8 aromatic rings. The smallest absolute Gasteiger partial charge is 0.118 e. The fourth-order valence-electron chi connectivity index (χ4n) is 7.43. The Labute approximate surface area is 329 Å². The minimum atomic E-state index is 0.832. The predicted molar refractivity (Wildman–Crippen MR) is 231 cm³/mol. The summed E-state index contributed by atoms with van der Waals surface area (Å²) in [7, 11) is 6.78. The number of hydrogen-bond donors (Lipinski definition) is 0. The molecule has 274 valence electrons. The third kappa shape index (κ3) is 7.25. The average Bonchev–Trinajstić information content (AvgIpc) is 3.29. The first-order chi connectivity index (χ1) is 27.6. The summed E-state index contributed by atoms with van der Waals surface area (Å²) in [5.74, 6) is 3.33. The first kappa shape index (κ1) is 36.0. The van der Waals surface area contributed by atoms with Crippen LogP contribution in [-0.2, 0) is 0 Å². The minimum absolute atomic E-state index is 0.832. The maximum atomic E-state index is 5.47. The van der Waals surface area contributed by atoms with Gasteiger partial charge in [0.15, 0.2) is 0 Å². The molecule has 0 aliphatic heterocycles. The van der Waals surface area contributed by atoms with E-state index in [1.165, 1.54) is 11.1 Å². The van der Waals surface area contributed by atoms with Gasteiger partial charge in [-0.1, -0.05) is 133 Å². The van der Waals surface area contributed by atoms with Gasteiger partial charge in [-0.05, 0) is 126 Å². The molecule has 0 saturated heterocycles. The summed E-state index contributed by atoms with van der Waals surface area (Å²) in [4.78, 5) is 0. The second-order valence-corrected chi connectivity index (χ2v) is 13.5. The SMILES string of the molecule is COc1ccc(-c2cccc(-c3ccc(OC)cc3)c2-c2ccc(-c3ccc(-c4c(-c5ccc(OC)cc5)cccc4-c4ccc(OC)cc4)cc3)cc2)cc1. The van der Waals surface area contributed by atoms with Crippen LogP contribution in [0.4, 0.5) is 0 Å². The largest absolute Gasteiger partial charge is 0.497 e. The molecule has 56 heavy (non-hydrogen) atoms. The van der Waals surface area contributed by atoms with Crippen LogP contribution in [0.15, 0.2) is 182 Å². The van der Waals surface area contributed by atoms with E-state index < -0.39 is 0 Å². The van der Waals surface area contributed by atoms with Gasteiger partial charge in [0.2, 0.25) is 0 Å². The van der Waals surface area contributed by atoms with Crippen molar-refractivity contribution in [3.8, 4) is 101 Å². The lowest BCUT2D eigenvalue weighted by molar-refractivity contribution is 0.415. The standard InChI is InChI=1S/C52H42O4/c1-53-43-27-19-37(20-28-43)47-7-5-8-48(38-21-29-44(54-2)30-22-38)51(47)41-15-11-35(12-16-41)36-13-17-42(18-14-36)52-49(39-23-31-45(55-3)32-24-39)9-6-10-50(52)40-25-33-46(56-4)34-26-40/h5-34H,1-4H3. The Kier molecular flexibility index (Phi) is 10.4. The summed E-state index contributed by atoms with van der Waals surface area (Å²) in [6.45, 7) is 0. The van der Waals surface area contributed by atoms with E-state index in [2.05, 4.69) is 133 Å². The van der Waals surface area contributed by atoms with Gasteiger partial charge in [0.25, 0.3) is 0 Å². The molecule has 8 aromatic carbocycles. The van der Waals surface area contributed by atoms with E-state index in [9.17, 15) is 0 Å². The highest BCUT2D eigenvalue weighted by molar-refractivity contribution is 5.96. The van der Waals surface area contributed by atoms with Crippen molar-refractivity contribution in [1.82, 2.24) is 0 Å². The van der Waals surface area contributed by atoms with E-state index in [4.69, 9.17) is 18.9 Å². The number of methoxy groups -OCH3 is 4. The lowest BCUT2D eigenvalue weighted by atomic mass is 9.86. The molecule has 0 heterocycles. The maximum Gasteiger partial charge on any atom is 0.118 e. The van der Waals surface area contributed by atoms with Crippen LogP contribution >= 0.6 is 0 Å². The second kappa shape index (κ2) is 16.1. The number of hydrogen-bond acceptors (Lipinski definition) is 4. The van der Waals surface area contributed by atoms with Crippen molar-refractivity contribution in [2.45, 2.75) is 0 Å². The van der Waals surface area contributed by atoms with Crippen molar-refractivity contribution in [1.29, 1.82) is 0 Å². The third-order valence-corrected chi connectivity index (χ3v) is 10.4. The van der Waals surface area contributed by atoms with E-state index in [-0.39, 0.29) is 0 Å².